The van der Waals surface area contributed by atoms with Crippen LogP contribution in [0.4, 0.5) is 4.79 Å². The number of carbonyl (C=O) groups is 1. The second-order valence-electron chi connectivity index (χ2n) is 9.15. The van der Waals surface area contributed by atoms with Crippen molar-refractivity contribution < 1.29 is 14.1 Å². The van der Waals surface area contributed by atoms with E-state index in [-0.39, 0.29) is 6.03 Å². The van der Waals surface area contributed by atoms with E-state index in [0.717, 1.165) is 77.2 Å². The summed E-state index contributed by atoms with van der Waals surface area (Å²) < 4.78 is 20.3. The van der Waals surface area contributed by atoms with Crippen LogP contribution >= 0.6 is 7.29 Å². The van der Waals surface area contributed by atoms with Crippen molar-refractivity contribution in [1.82, 2.24) is 25.2 Å². The van der Waals surface area contributed by atoms with Gasteiger partial charge in [-0.1, -0.05) is 31.7 Å². The normalized spacial score (nSPS) is 15.0. The molecule has 188 valence electrons. The van der Waals surface area contributed by atoms with Crippen LogP contribution in [0.5, 0.6) is 0 Å². The lowest BCUT2D eigenvalue weighted by Gasteiger charge is -2.30. The van der Waals surface area contributed by atoms with E-state index in [1.807, 2.05) is 25.5 Å². The van der Waals surface area contributed by atoms with Gasteiger partial charge < -0.3 is 19.9 Å². The number of ether oxygens (including phenoxy) is 1. The van der Waals surface area contributed by atoms with Gasteiger partial charge in [0.15, 0.2) is 0 Å². The Morgan fingerprint density at radius 1 is 1.06 bits per heavy atom. The highest BCUT2D eigenvalue weighted by Crippen LogP contribution is 2.41. The Morgan fingerprint density at radius 2 is 1.76 bits per heavy atom. The van der Waals surface area contributed by atoms with E-state index in [0.29, 0.717) is 13.1 Å². The van der Waals surface area contributed by atoms with E-state index in [9.17, 15) is 9.36 Å². The van der Waals surface area contributed by atoms with Crippen LogP contribution in [0.3, 0.4) is 0 Å². The zero-order chi connectivity index (χ0) is 23.8. The van der Waals surface area contributed by atoms with Crippen molar-refractivity contribution in [1.29, 1.82) is 0 Å². The van der Waals surface area contributed by atoms with Crippen molar-refractivity contribution in [3.63, 3.8) is 0 Å². The number of hydrogen-bond donors (Lipinski definition) is 2. The van der Waals surface area contributed by atoms with Gasteiger partial charge in [-0.3, -0.25) is 14.6 Å². The first-order valence-electron chi connectivity index (χ1n) is 12.5. The first-order valence-corrected chi connectivity index (χ1v) is 15.0. The van der Waals surface area contributed by atoms with Crippen LogP contribution in [-0.4, -0.2) is 86.4 Å². The molecule has 0 aromatic carbocycles. The lowest BCUT2D eigenvalue weighted by atomic mass is 10.1. The van der Waals surface area contributed by atoms with E-state index in [4.69, 9.17) is 4.74 Å². The molecular formula is C24H44N5O3P. The van der Waals surface area contributed by atoms with Gasteiger partial charge in [-0.15, -0.1) is 0 Å². The van der Waals surface area contributed by atoms with Gasteiger partial charge in [0.2, 0.25) is 0 Å². The summed E-state index contributed by atoms with van der Waals surface area (Å²) >= 11 is 0. The van der Waals surface area contributed by atoms with Crippen LogP contribution < -0.4 is 10.6 Å². The molecule has 1 saturated heterocycles. The standard InChI is InChI=1S/C24H44N5O3P/c1-33(2,31)29(16-10-14-28-17-19-32-20-18-28)15-8-6-4-3-5-7-13-26-24(30)27-22-23-11-9-12-25-21-23/h9,11-12,21H,3-8,10,13-20,22H2,1-2H3,(H2,26,27,30). The maximum atomic E-state index is 12.7. The lowest BCUT2D eigenvalue weighted by molar-refractivity contribution is 0.0369. The third kappa shape index (κ3) is 13.1. The third-order valence-corrected chi connectivity index (χ3v) is 7.74. The highest BCUT2D eigenvalue weighted by Gasteiger charge is 2.19. The fraction of sp³-hybridized carbons (Fsp3) is 0.750. The summed E-state index contributed by atoms with van der Waals surface area (Å²) in [6.45, 7) is 11.6. The minimum Gasteiger partial charge on any atom is -0.379 e. The lowest BCUT2D eigenvalue weighted by Crippen LogP contribution is -2.38. The molecule has 0 bridgehead atoms. The van der Waals surface area contributed by atoms with Crippen LogP contribution in [0, 0.1) is 0 Å². The Hall–Kier alpha value is -1.47. The molecule has 33 heavy (non-hydrogen) atoms. The summed E-state index contributed by atoms with van der Waals surface area (Å²) in [6.07, 6.45) is 11.3. The molecule has 8 nitrogen and oxygen atoms in total. The highest BCUT2D eigenvalue weighted by molar-refractivity contribution is 7.59. The number of hydrogen-bond acceptors (Lipinski definition) is 5. The molecule has 9 heteroatoms. The van der Waals surface area contributed by atoms with E-state index >= 15 is 0 Å². The van der Waals surface area contributed by atoms with Crippen LogP contribution in [-0.2, 0) is 15.8 Å². The van der Waals surface area contributed by atoms with Gasteiger partial charge in [0, 0.05) is 65.0 Å². The first-order chi connectivity index (χ1) is 15.9. The molecule has 0 atom stereocenters. The monoisotopic (exact) mass is 481 g/mol. The molecule has 1 aliphatic heterocycles. The van der Waals surface area contributed by atoms with Gasteiger partial charge in [0.1, 0.15) is 7.29 Å². The molecule has 0 radical (unpaired) electrons. The molecule has 0 aliphatic carbocycles. The topological polar surface area (TPSA) is 86.8 Å². The predicted octanol–water partition coefficient (Wildman–Crippen LogP) is 3.78. The predicted molar refractivity (Wildman–Crippen MR) is 135 cm³/mol. The average Bonchev–Trinajstić information content (AvgIpc) is 2.81. The number of pyridine rings is 1. The van der Waals surface area contributed by atoms with Gasteiger partial charge in [-0.25, -0.2) is 4.79 Å². The highest BCUT2D eigenvalue weighted by atomic mass is 31.2. The number of aromatic nitrogens is 1. The van der Waals surface area contributed by atoms with Gasteiger partial charge in [-0.2, -0.15) is 0 Å². The molecule has 1 aliphatic rings. The fourth-order valence-corrected chi connectivity index (χ4v) is 5.22. The van der Waals surface area contributed by atoms with E-state index in [1.165, 1.54) is 19.3 Å². The molecule has 2 N–H and O–H groups in total. The molecule has 1 aromatic rings. The Bertz CT molecular complexity index is 695. The summed E-state index contributed by atoms with van der Waals surface area (Å²) in [6, 6.07) is 3.68. The molecular weight excluding hydrogens is 437 g/mol. The van der Waals surface area contributed by atoms with Crippen molar-refractivity contribution in [3.8, 4) is 0 Å². The van der Waals surface area contributed by atoms with Crippen molar-refractivity contribution in [2.45, 2.75) is 51.5 Å². The van der Waals surface area contributed by atoms with E-state index < -0.39 is 7.29 Å². The Morgan fingerprint density at radius 3 is 2.45 bits per heavy atom. The molecule has 2 heterocycles. The number of rotatable bonds is 16. The summed E-state index contributed by atoms with van der Waals surface area (Å²) in [5, 5.41) is 5.76. The van der Waals surface area contributed by atoms with Gasteiger partial charge in [0.25, 0.3) is 0 Å². The molecule has 0 spiro atoms. The second kappa shape index (κ2) is 16.2. The fourth-order valence-electron chi connectivity index (χ4n) is 3.97. The first kappa shape index (κ1) is 27.8. The summed E-state index contributed by atoms with van der Waals surface area (Å²) in [5.41, 5.74) is 0.991. The van der Waals surface area contributed by atoms with E-state index in [2.05, 4.69) is 25.2 Å². The Kier molecular flexibility index (Phi) is 13.6. The quantitative estimate of drug-likeness (QED) is 0.276. The number of morpholine rings is 1. The number of urea groups is 1. The summed E-state index contributed by atoms with van der Waals surface area (Å²) in [5.74, 6) is 0. The van der Waals surface area contributed by atoms with E-state index in [1.54, 1.807) is 12.4 Å². The van der Waals surface area contributed by atoms with Crippen LogP contribution in [0.2, 0.25) is 0 Å². The summed E-state index contributed by atoms with van der Waals surface area (Å²) in [7, 11) is -2.21. The zero-order valence-corrected chi connectivity index (χ0v) is 21.5. The molecule has 1 fully saturated rings. The number of amides is 2. The molecule has 1 aromatic heterocycles. The van der Waals surface area contributed by atoms with Crippen molar-refractivity contribution in [3.05, 3.63) is 30.1 Å². The number of carbonyl (C=O) groups excluding carboxylic acids is 1. The number of unbranched alkanes of at least 4 members (excludes halogenated alkanes) is 5. The largest absolute Gasteiger partial charge is 0.379 e. The van der Waals surface area contributed by atoms with Gasteiger partial charge in [-0.05, 0) is 37.4 Å². The smallest absolute Gasteiger partial charge is 0.315 e. The van der Waals surface area contributed by atoms with Gasteiger partial charge in [0.05, 0.1) is 13.2 Å². The Balaban J connectivity index is 1.45. The Labute approximate surface area is 200 Å². The number of nitrogens with one attached hydrogen (secondary N) is 2. The molecule has 0 unspecified atom stereocenters. The van der Waals surface area contributed by atoms with Crippen molar-refractivity contribution in [2.75, 3.05) is 65.8 Å². The van der Waals surface area contributed by atoms with Crippen LogP contribution in [0.25, 0.3) is 0 Å². The molecule has 2 amide bonds. The number of nitrogens with zero attached hydrogens (tertiary/aromatic N) is 3. The maximum absolute atomic E-state index is 12.7. The maximum Gasteiger partial charge on any atom is 0.315 e. The van der Waals surface area contributed by atoms with Gasteiger partial charge >= 0.3 is 6.03 Å². The second-order valence-corrected chi connectivity index (χ2v) is 12.3. The van der Waals surface area contributed by atoms with Crippen molar-refractivity contribution >= 4 is 13.3 Å². The minimum atomic E-state index is -2.21. The minimum absolute atomic E-state index is 0.129. The van der Waals surface area contributed by atoms with Crippen molar-refractivity contribution in [2.24, 2.45) is 0 Å². The summed E-state index contributed by atoms with van der Waals surface area (Å²) in [4.78, 5) is 18.3. The van der Waals surface area contributed by atoms with Crippen LogP contribution in [0.15, 0.2) is 24.5 Å². The third-order valence-electron chi connectivity index (χ3n) is 5.98. The zero-order valence-electron chi connectivity index (χ0n) is 20.6. The molecule has 0 saturated carbocycles. The molecule has 2 rings (SSSR count). The SMILES string of the molecule is CP(C)(=O)N(CCCCCCCCNC(=O)NCc1cccnc1)CCCN1CCOCC1. The van der Waals surface area contributed by atoms with Crippen LogP contribution in [0.1, 0.15) is 50.5 Å². The average molecular weight is 482 g/mol.